The van der Waals surface area contributed by atoms with Crippen LogP contribution in [0.1, 0.15) is 28.1 Å². The first kappa shape index (κ1) is 21.8. The van der Waals surface area contributed by atoms with Crippen molar-refractivity contribution in [2.45, 2.75) is 33.2 Å². The summed E-state index contributed by atoms with van der Waals surface area (Å²) in [5.41, 5.74) is 1.42. The van der Waals surface area contributed by atoms with Crippen molar-refractivity contribution < 1.29 is 8.78 Å². The van der Waals surface area contributed by atoms with Crippen LogP contribution in [0.5, 0.6) is 0 Å². The normalized spacial score (nSPS) is 11.2. The third-order valence-electron chi connectivity index (χ3n) is 3.58. The minimum absolute atomic E-state index is 0. The van der Waals surface area contributed by atoms with Gasteiger partial charge in [0.15, 0.2) is 5.96 Å². The summed E-state index contributed by atoms with van der Waals surface area (Å²) in [7, 11) is 1.64. The molecule has 4 nitrogen and oxygen atoms in total. The van der Waals surface area contributed by atoms with E-state index in [0.29, 0.717) is 12.5 Å². The average Bonchev–Trinajstić information content (AvgIpc) is 2.93. The van der Waals surface area contributed by atoms with E-state index >= 15 is 0 Å². The molecule has 2 aromatic rings. The molecule has 0 bridgehead atoms. The molecule has 0 saturated heterocycles. The zero-order valence-electron chi connectivity index (χ0n) is 14.5. The number of aliphatic imine (C=N–C) groups is 1. The molecule has 138 valence electrons. The van der Waals surface area contributed by atoms with Gasteiger partial charge in [0.1, 0.15) is 11.6 Å². The Morgan fingerprint density at radius 1 is 1.28 bits per heavy atom. The smallest absolute Gasteiger partial charge is 0.191 e. The molecule has 0 aliphatic heterocycles. The van der Waals surface area contributed by atoms with E-state index in [9.17, 15) is 8.78 Å². The Bertz CT molecular complexity index is 719. The van der Waals surface area contributed by atoms with Gasteiger partial charge in [0.05, 0.1) is 10.7 Å². The van der Waals surface area contributed by atoms with Crippen LogP contribution in [0, 0.1) is 18.6 Å². The predicted molar refractivity (Wildman–Crippen MR) is 110 cm³/mol. The summed E-state index contributed by atoms with van der Waals surface area (Å²) in [5.74, 6) is -0.352. The van der Waals surface area contributed by atoms with Crippen molar-refractivity contribution >= 4 is 41.3 Å². The Balaban J connectivity index is 0.00000312. The first-order valence-electron chi connectivity index (χ1n) is 7.87. The van der Waals surface area contributed by atoms with Crippen LogP contribution in [0.3, 0.4) is 0 Å². The predicted octanol–water partition coefficient (Wildman–Crippen LogP) is 3.82. The number of nitrogens with one attached hydrogen (secondary N) is 2. The molecular formula is C17H23F2IN4S. The fraction of sp³-hybridized carbons (Fsp3) is 0.412. The maximum atomic E-state index is 13.6. The van der Waals surface area contributed by atoms with Crippen molar-refractivity contribution in [3.63, 3.8) is 0 Å². The molecule has 25 heavy (non-hydrogen) atoms. The summed E-state index contributed by atoms with van der Waals surface area (Å²) in [5, 5.41) is 7.23. The highest BCUT2D eigenvalue weighted by molar-refractivity contribution is 14.0. The van der Waals surface area contributed by atoms with Gasteiger partial charge in [-0.15, -0.1) is 35.3 Å². The van der Waals surface area contributed by atoms with Gasteiger partial charge in [0, 0.05) is 37.0 Å². The molecule has 0 aliphatic rings. The van der Waals surface area contributed by atoms with Crippen molar-refractivity contribution in [2.24, 2.45) is 4.99 Å². The topological polar surface area (TPSA) is 49.3 Å². The van der Waals surface area contributed by atoms with Crippen LogP contribution < -0.4 is 10.6 Å². The second-order valence-electron chi connectivity index (χ2n) is 5.30. The van der Waals surface area contributed by atoms with Gasteiger partial charge in [-0.05, 0) is 31.5 Å². The molecule has 1 aromatic carbocycles. The Morgan fingerprint density at radius 3 is 2.68 bits per heavy atom. The highest BCUT2D eigenvalue weighted by Crippen LogP contribution is 2.17. The summed E-state index contributed by atoms with van der Waals surface area (Å²) < 4.78 is 26.8. The van der Waals surface area contributed by atoms with Gasteiger partial charge in [0.25, 0.3) is 0 Å². The van der Waals surface area contributed by atoms with Crippen LogP contribution in [0.25, 0.3) is 0 Å². The lowest BCUT2D eigenvalue weighted by Gasteiger charge is -2.12. The summed E-state index contributed by atoms with van der Waals surface area (Å²) in [4.78, 5) is 9.94. The number of hydrogen-bond acceptors (Lipinski definition) is 3. The lowest BCUT2D eigenvalue weighted by Crippen LogP contribution is -2.38. The van der Waals surface area contributed by atoms with Crippen LogP contribution in [0.4, 0.5) is 8.78 Å². The first-order chi connectivity index (χ1) is 11.5. The molecular weight excluding hydrogens is 457 g/mol. The third-order valence-corrected chi connectivity index (χ3v) is 4.65. The van der Waals surface area contributed by atoms with Gasteiger partial charge in [-0.25, -0.2) is 13.8 Å². The number of aromatic nitrogens is 1. The largest absolute Gasteiger partial charge is 0.356 e. The molecule has 8 heteroatoms. The molecule has 2 N–H and O–H groups in total. The number of halogens is 3. The molecule has 0 aliphatic carbocycles. The fourth-order valence-corrected chi connectivity index (χ4v) is 3.31. The second kappa shape index (κ2) is 10.6. The van der Waals surface area contributed by atoms with Crippen molar-refractivity contribution in [3.05, 3.63) is 51.0 Å². The number of nitrogens with zero attached hydrogens (tertiary/aromatic N) is 2. The molecule has 0 amide bonds. The number of benzene rings is 1. The molecule has 1 aromatic heterocycles. The minimum Gasteiger partial charge on any atom is -0.356 e. The molecule has 0 fully saturated rings. The maximum Gasteiger partial charge on any atom is 0.191 e. The van der Waals surface area contributed by atoms with Crippen LogP contribution in [0.15, 0.2) is 23.2 Å². The van der Waals surface area contributed by atoms with Gasteiger partial charge in [-0.2, -0.15) is 0 Å². The average molecular weight is 480 g/mol. The zero-order chi connectivity index (χ0) is 17.5. The van der Waals surface area contributed by atoms with Gasteiger partial charge >= 0.3 is 0 Å². The van der Waals surface area contributed by atoms with Crippen LogP contribution in [-0.2, 0) is 19.4 Å². The number of thiazole rings is 1. The summed E-state index contributed by atoms with van der Waals surface area (Å²) >= 11 is 1.71. The molecule has 2 rings (SSSR count). The standard InChI is InChI=1S/C17H22F2N4S.HI/c1-4-15-11(2)24-16(23-15)7-8-21-17(20-3)22-10-12-9-13(18)5-6-14(12)19;/h5-6,9H,4,7-8,10H2,1-3H3,(H2,20,21,22);1H. The minimum atomic E-state index is -0.456. The molecule has 0 atom stereocenters. The molecule has 0 spiro atoms. The molecule has 1 heterocycles. The van der Waals surface area contributed by atoms with Gasteiger partial charge in [0.2, 0.25) is 0 Å². The third kappa shape index (κ3) is 6.50. The lowest BCUT2D eigenvalue weighted by atomic mass is 10.2. The number of guanidine groups is 1. The van der Waals surface area contributed by atoms with Crippen LogP contribution in [0.2, 0.25) is 0 Å². The monoisotopic (exact) mass is 480 g/mol. The Hall–Kier alpha value is -1.29. The van der Waals surface area contributed by atoms with Crippen LogP contribution in [-0.4, -0.2) is 24.5 Å². The number of rotatable bonds is 6. The van der Waals surface area contributed by atoms with E-state index in [-0.39, 0.29) is 36.1 Å². The number of hydrogen-bond donors (Lipinski definition) is 2. The Kier molecular flexibility index (Phi) is 9.26. The zero-order valence-corrected chi connectivity index (χ0v) is 17.7. The summed E-state index contributed by atoms with van der Waals surface area (Å²) in [6, 6.07) is 3.41. The quantitative estimate of drug-likeness (QED) is 0.376. The highest BCUT2D eigenvalue weighted by Gasteiger charge is 2.07. The summed E-state index contributed by atoms with van der Waals surface area (Å²) in [6.07, 6.45) is 1.73. The van der Waals surface area contributed by atoms with Gasteiger partial charge < -0.3 is 10.6 Å². The maximum absolute atomic E-state index is 13.6. The number of aryl methyl sites for hydroxylation is 2. The fourth-order valence-electron chi connectivity index (χ4n) is 2.29. The Labute approximate surface area is 168 Å². The molecule has 0 saturated carbocycles. The highest BCUT2D eigenvalue weighted by atomic mass is 127. The van der Waals surface area contributed by atoms with E-state index in [2.05, 4.69) is 34.5 Å². The van der Waals surface area contributed by atoms with E-state index in [1.54, 1.807) is 18.4 Å². The van der Waals surface area contributed by atoms with Crippen molar-refractivity contribution in [3.8, 4) is 0 Å². The SMILES string of the molecule is CCc1nc(CCNC(=NC)NCc2cc(F)ccc2F)sc1C.I. The van der Waals surface area contributed by atoms with Crippen LogP contribution >= 0.6 is 35.3 Å². The Morgan fingerprint density at radius 2 is 2.04 bits per heavy atom. The van der Waals surface area contributed by atoms with Gasteiger partial charge in [-0.3, -0.25) is 4.99 Å². The van der Waals surface area contributed by atoms with Crippen molar-refractivity contribution in [1.82, 2.24) is 15.6 Å². The molecule has 0 unspecified atom stereocenters. The van der Waals surface area contributed by atoms with E-state index in [0.717, 1.165) is 35.7 Å². The van der Waals surface area contributed by atoms with Crippen molar-refractivity contribution in [1.29, 1.82) is 0 Å². The van der Waals surface area contributed by atoms with E-state index in [1.807, 2.05) is 0 Å². The van der Waals surface area contributed by atoms with Crippen molar-refractivity contribution in [2.75, 3.05) is 13.6 Å². The first-order valence-corrected chi connectivity index (χ1v) is 8.68. The van der Waals surface area contributed by atoms with E-state index in [1.165, 1.54) is 10.9 Å². The lowest BCUT2D eigenvalue weighted by molar-refractivity contribution is 0.581. The summed E-state index contributed by atoms with van der Waals surface area (Å²) in [6.45, 7) is 5.02. The molecule has 0 radical (unpaired) electrons. The second-order valence-corrected chi connectivity index (χ2v) is 6.59. The van der Waals surface area contributed by atoms with E-state index in [4.69, 9.17) is 0 Å². The van der Waals surface area contributed by atoms with Gasteiger partial charge in [-0.1, -0.05) is 6.92 Å². The van der Waals surface area contributed by atoms with E-state index < -0.39 is 11.6 Å².